The Labute approximate surface area is 124 Å². The van der Waals surface area contributed by atoms with E-state index in [1.165, 1.54) is 11.1 Å². The van der Waals surface area contributed by atoms with Crippen LogP contribution in [0.4, 0.5) is 0 Å². The smallest absolute Gasteiger partial charge is 0.0691 e. The molecule has 1 aromatic rings. The van der Waals surface area contributed by atoms with Crippen molar-refractivity contribution in [2.45, 2.75) is 38.8 Å². The fourth-order valence-corrected chi connectivity index (χ4v) is 4.05. The molecule has 4 heteroatoms. The zero-order chi connectivity index (χ0) is 14.4. The SMILES string of the molecule is CCNC(CS(=O)CC1CCCO1)c1ccc(C)cc1. The predicted octanol–water partition coefficient (Wildman–Crippen LogP) is 2.57. The zero-order valence-electron chi connectivity index (χ0n) is 12.4. The Hall–Kier alpha value is -0.710. The van der Waals surface area contributed by atoms with Gasteiger partial charge in [0.25, 0.3) is 0 Å². The highest BCUT2D eigenvalue weighted by atomic mass is 32.2. The van der Waals surface area contributed by atoms with Crippen molar-refractivity contribution >= 4 is 10.8 Å². The third-order valence-electron chi connectivity index (χ3n) is 3.68. The van der Waals surface area contributed by atoms with Gasteiger partial charge < -0.3 is 10.1 Å². The molecule has 1 saturated heterocycles. The number of aryl methyl sites for hydroxylation is 1. The van der Waals surface area contributed by atoms with Crippen LogP contribution in [0.25, 0.3) is 0 Å². The molecule has 0 aliphatic carbocycles. The lowest BCUT2D eigenvalue weighted by atomic mass is 10.1. The van der Waals surface area contributed by atoms with Crippen LogP contribution >= 0.6 is 0 Å². The van der Waals surface area contributed by atoms with Gasteiger partial charge in [-0.15, -0.1) is 0 Å². The molecule has 3 nitrogen and oxygen atoms in total. The summed E-state index contributed by atoms with van der Waals surface area (Å²) in [6, 6.07) is 8.66. The summed E-state index contributed by atoms with van der Waals surface area (Å²) < 4.78 is 17.9. The lowest BCUT2D eigenvalue weighted by molar-refractivity contribution is 0.128. The molecule has 1 fully saturated rings. The lowest BCUT2D eigenvalue weighted by Crippen LogP contribution is -2.28. The first-order valence-corrected chi connectivity index (χ1v) is 8.94. The minimum absolute atomic E-state index is 0.169. The molecular weight excluding hydrogens is 270 g/mol. The van der Waals surface area contributed by atoms with E-state index in [2.05, 4.69) is 43.4 Å². The van der Waals surface area contributed by atoms with E-state index >= 15 is 0 Å². The van der Waals surface area contributed by atoms with Crippen molar-refractivity contribution in [3.63, 3.8) is 0 Å². The van der Waals surface area contributed by atoms with E-state index in [9.17, 15) is 4.21 Å². The predicted molar refractivity (Wildman–Crippen MR) is 84.4 cm³/mol. The van der Waals surface area contributed by atoms with Crippen LogP contribution in [0, 0.1) is 6.92 Å². The minimum Gasteiger partial charge on any atom is -0.377 e. The molecule has 3 atom stereocenters. The van der Waals surface area contributed by atoms with Gasteiger partial charge in [-0.2, -0.15) is 0 Å². The summed E-state index contributed by atoms with van der Waals surface area (Å²) in [7, 11) is -0.835. The van der Waals surface area contributed by atoms with Crippen LogP contribution in [-0.4, -0.2) is 35.0 Å². The van der Waals surface area contributed by atoms with Crippen LogP contribution < -0.4 is 5.32 Å². The molecule has 1 aliphatic rings. The van der Waals surface area contributed by atoms with Crippen molar-refractivity contribution in [2.24, 2.45) is 0 Å². The van der Waals surface area contributed by atoms with Gasteiger partial charge in [-0.1, -0.05) is 36.8 Å². The largest absolute Gasteiger partial charge is 0.377 e. The Morgan fingerprint density at radius 2 is 2.15 bits per heavy atom. The molecule has 0 radical (unpaired) electrons. The average Bonchev–Trinajstić information content (AvgIpc) is 2.92. The van der Waals surface area contributed by atoms with Crippen LogP contribution in [0.2, 0.25) is 0 Å². The van der Waals surface area contributed by atoms with Crippen molar-refractivity contribution in [2.75, 3.05) is 24.7 Å². The van der Waals surface area contributed by atoms with Gasteiger partial charge in [-0.3, -0.25) is 4.21 Å². The first kappa shape index (κ1) is 15.7. The number of hydrogen-bond donors (Lipinski definition) is 1. The number of hydrogen-bond acceptors (Lipinski definition) is 3. The number of nitrogens with one attached hydrogen (secondary N) is 1. The fraction of sp³-hybridized carbons (Fsp3) is 0.625. The van der Waals surface area contributed by atoms with Crippen molar-refractivity contribution in [1.29, 1.82) is 0 Å². The molecule has 1 aromatic carbocycles. The molecule has 0 aromatic heterocycles. The standard InChI is InChI=1S/C16H25NO2S/c1-3-17-16(14-8-6-13(2)7-9-14)12-20(18)11-15-5-4-10-19-15/h6-9,15-17H,3-5,10-12H2,1-2H3. The van der Waals surface area contributed by atoms with Crippen molar-refractivity contribution < 1.29 is 8.95 Å². The highest BCUT2D eigenvalue weighted by Crippen LogP contribution is 2.18. The first-order chi connectivity index (χ1) is 9.69. The monoisotopic (exact) mass is 295 g/mol. The molecule has 0 saturated carbocycles. The highest BCUT2D eigenvalue weighted by molar-refractivity contribution is 7.85. The third kappa shape index (κ3) is 4.69. The maximum Gasteiger partial charge on any atom is 0.0691 e. The maximum atomic E-state index is 12.3. The van der Waals surface area contributed by atoms with E-state index in [-0.39, 0.29) is 12.1 Å². The Kier molecular flexibility index (Phi) is 6.20. The molecule has 3 unspecified atom stereocenters. The Morgan fingerprint density at radius 1 is 1.40 bits per heavy atom. The van der Waals surface area contributed by atoms with Gasteiger partial charge in [-0.25, -0.2) is 0 Å². The van der Waals surface area contributed by atoms with E-state index in [0.717, 1.165) is 26.0 Å². The average molecular weight is 295 g/mol. The number of ether oxygens (including phenoxy) is 1. The Bertz CT molecular complexity index is 427. The van der Waals surface area contributed by atoms with Crippen LogP contribution in [0.3, 0.4) is 0 Å². The first-order valence-electron chi connectivity index (χ1n) is 7.45. The van der Waals surface area contributed by atoms with Crippen LogP contribution in [0.1, 0.15) is 36.9 Å². The molecule has 1 aliphatic heterocycles. The van der Waals surface area contributed by atoms with Crippen molar-refractivity contribution in [3.05, 3.63) is 35.4 Å². The fourth-order valence-electron chi connectivity index (χ4n) is 2.56. The Balaban J connectivity index is 1.93. The van der Waals surface area contributed by atoms with Crippen LogP contribution in [0.15, 0.2) is 24.3 Å². The van der Waals surface area contributed by atoms with Gasteiger partial charge in [0, 0.05) is 35.0 Å². The van der Waals surface area contributed by atoms with E-state index in [1.54, 1.807) is 0 Å². The van der Waals surface area contributed by atoms with Gasteiger partial charge in [0.05, 0.1) is 6.10 Å². The third-order valence-corrected chi connectivity index (χ3v) is 5.13. The molecule has 20 heavy (non-hydrogen) atoms. The van der Waals surface area contributed by atoms with Gasteiger partial charge in [0.2, 0.25) is 0 Å². The van der Waals surface area contributed by atoms with E-state index < -0.39 is 10.8 Å². The van der Waals surface area contributed by atoms with Crippen LogP contribution in [0.5, 0.6) is 0 Å². The summed E-state index contributed by atoms with van der Waals surface area (Å²) in [5.74, 6) is 1.34. The molecule has 1 heterocycles. The molecule has 0 amide bonds. The van der Waals surface area contributed by atoms with Gasteiger partial charge >= 0.3 is 0 Å². The summed E-state index contributed by atoms with van der Waals surface area (Å²) >= 11 is 0. The molecular formula is C16H25NO2S. The van der Waals surface area contributed by atoms with Crippen molar-refractivity contribution in [1.82, 2.24) is 5.32 Å². The van der Waals surface area contributed by atoms with E-state index in [4.69, 9.17) is 4.74 Å². The van der Waals surface area contributed by atoms with Crippen molar-refractivity contribution in [3.8, 4) is 0 Å². The zero-order valence-corrected chi connectivity index (χ0v) is 13.2. The van der Waals surface area contributed by atoms with E-state index in [0.29, 0.717) is 11.5 Å². The number of rotatable bonds is 7. The quantitative estimate of drug-likeness (QED) is 0.840. The Morgan fingerprint density at radius 3 is 2.75 bits per heavy atom. The van der Waals surface area contributed by atoms with Gasteiger partial charge in [0.1, 0.15) is 0 Å². The number of benzene rings is 1. The topological polar surface area (TPSA) is 38.3 Å². The molecule has 2 rings (SSSR count). The molecule has 112 valence electrons. The second-order valence-electron chi connectivity index (χ2n) is 5.43. The lowest BCUT2D eigenvalue weighted by Gasteiger charge is -2.19. The normalized spacial score (nSPS) is 21.8. The summed E-state index contributed by atoms with van der Waals surface area (Å²) in [5, 5.41) is 3.44. The summed E-state index contributed by atoms with van der Waals surface area (Å²) in [6.45, 7) is 5.89. The highest BCUT2D eigenvalue weighted by Gasteiger charge is 2.21. The second-order valence-corrected chi connectivity index (χ2v) is 6.98. The molecule has 0 spiro atoms. The summed E-state index contributed by atoms with van der Waals surface area (Å²) in [6.07, 6.45) is 2.37. The second kappa shape index (κ2) is 7.91. The maximum absolute atomic E-state index is 12.3. The van der Waals surface area contributed by atoms with E-state index in [1.807, 2.05) is 0 Å². The van der Waals surface area contributed by atoms with Gasteiger partial charge in [-0.05, 0) is 31.9 Å². The molecule has 1 N–H and O–H groups in total. The summed E-state index contributed by atoms with van der Waals surface area (Å²) in [5.41, 5.74) is 2.47. The minimum atomic E-state index is -0.835. The van der Waals surface area contributed by atoms with Gasteiger partial charge in [0.15, 0.2) is 0 Å². The summed E-state index contributed by atoms with van der Waals surface area (Å²) in [4.78, 5) is 0. The van der Waals surface area contributed by atoms with Crippen LogP contribution in [-0.2, 0) is 15.5 Å². The molecule has 0 bridgehead atoms.